The van der Waals surface area contributed by atoms with E-state index in [0.717, 1.165) is 32.1 Å². The average molecular weight is 352 g/mol. The second kappa shape index (κ2) is 12.0. The third-order valence-electron chi connectivity index (χ3n) is 4.96. The van der Waals surface area contributed by atoms with Gasteiger partial charge in [0.2, 0.25) is 5.91 Å². The van der Waals surface area contributed by atoms with Gasteiger partial charge in [-0.3, -0.25) is 14.4 Å². The van der Waals surface area contributed by atoms with Gasteiger partial charge in [-0.1, -0.05) is 47.1 Å². The normalized spacial score (nSPS) is 12.5. The lowest BCUT2D eigenvalue weighted by Crippen LogP contribution is -2.25. The highest BCUT2D eigenvalue weighted by molar-refractivity contribution is 5.96. The fraction of sp³-hybridized carbons (Fsp3) is 0.762. The first-order valence-electron chi connectivity index (χ1n) is 9.61. The van der Waals surface area contributed by atoms with Crippen molar-refractivity contribution in [3.63, 3.8) is 0 Å². The van der Waals surface area contributed by atoms with Crippen molar-refractivity contribution in [1.82, 2.24) is 5.32 Å². The Balaban J connectivity index is 3.69. The summed E-state index contributed by atoms with van der Waals surface area (Å²) in [5.41, 5.74) is 0.352. The van der Waals surface area contributed by atoms with Gasteiger partial charge >= 0.3 is 0 Å². The quantitative estimate of drug-likeness (QED) is 0.367. The SMILES string of the molecule is C=C(C)C(=O)C(C)CCC(=O)NCCCCCCC(=O)C(C)(C)CC. The average Bonchev–Trinajstić information content (AvgIpc) is 2.57. The van der Waals surface area contributed by atoms with E-state index in [2.05, 4.69) is 18.8 Å². The summed E-state index contributed by atoms with van der Waals surface area (Å²) in [5, 5.41) is 2.90. The van der Waals surface area contributed by atoms with Gasteiger partial charge in [-0.2, -0.15) is 0 Å². The molecule has 25 heavy (non-hydrogen) atoms. The topological polar surface area (TPSA) is 63.2 Å². The first-order valence-corrected chi connectivity index (χ1v) is 9.61. The van der Waals surface area contributed by atoms with Crippen molar-refractivity contribution in [3.8, 4) is 0 Å². The van der Waals surface area contributed by atoms with Crippen LogP contribution in [0.1, 0.15) is 86.0 Å². The number of allylic oxidation sites excluding steroid dienone is 1. The maximum absolute atomic E-state index is 12.0. The van der Waals surface area contributed by atoms with Gasteiger partial charge in [-0.25, -0.2) is 0 Å². The fourth-order valence-corrected chi connectivity index (χ4v) is 2.52. The molecule has 0 radical (unpaired) electrons. The first-order chi connectivity index (χ1) is 11.6. The minimum Gasteiger partial charge on any atom is -0.356 e. The Hall–Kier alpha value is -1.45. The molecular weight excluding hydrogens is 314 g/mol. The molecule has 144 valence electrons. The van der Waals surface area contributed by atoms with Gasteiger partial charge in [-0.05, 0) is 38.2 Å². The highest BCUT2D eigenvalue weighted by atomic mass is 16.1. The zero-order valence-electron chi connectivity index (χ0n) is 16.9. The zero-order chi connectivity index (χ0) is 19.5. The van der Waals surface area contributed by atoms with Crippen LogP contribution in [0.15, 0.2) is 12.2 Å². The summed E-state index contributed by atoms with van der Waals surface area (Å²) in [6.45, 7) is 13.9. The number of amides is 1. The second-order valence-electron chi connectivity index (χ2n) is 7.76. The summed E-state index contributed by atoms with van der Waals surface area (Å²) < 4.78 is 0. The predicted octanol–water partition coefficient (Wildman–Crippen LogP) is 4.62. The highest BCUT2D eigenvalue weighted by Crippen LogP contribution is 2.23. The molecule has 0 aromatic rings. The number of hydrogen-bond acceptors (Lipinski definition) is 3. The van der Waals surface area contributed by atoms with E-state index in [1.165, 1.54) is 0 Å². The Labute approximate surface area is 153 Å². The molecule has 0 rings (SSSR count). The Morgan fingerprint density at radius 1 is 1.04 bits per heavy atom. The summed E-state index contributed by atoms with van der Waals surface area (Å²) in [6, 6.07) is 0. The molecule has 4 heteroatoms. The van der Waals surface area contributed by atoms with Crippen molar-refractivity contribution < 1.29 is 14.4 Å². The van der Waals surface area contributed by atoms with Crippen LogP contribution < -0.4 is 5.32 Å². The molecule has 0 aromatic carbocycles. The van der Waals surface area contributed by atoms with Crippen LogP contribution in [0.5, 0.6) is 0 Å². The molecule has 1 atom stereocenters. The van der Waals surface area contributed by atoms with Crippen LogP contribution in [0.3, 0.4) is 0 Å². The van der Waals surface area contributed by atoms with Crippen molar-refractivity contribution in [2.75, 3.05) is 6.54 Å². The molecule has 0 aliphatic rings. The number of nitrogens with one attached hydrogen (secondary N) is 1. The summed E-state index contributed by atoms with van der Waals surface area (Å²) in [5.74, 6) is 0.240. The van der Waals surface area contributed by atoms with Crippen molar-refractivity contribution in [3.05, 3.63) is 12.2 Å². The Morgan fingerprint density at radius 2 is 1.64 bits per heavy atom. The predicted molar refractivity (Wildman–Crippen MR) is 103 cm³/mol. The molecular formula is C21H37NO3. The summed E-state index contributed by atoms with van der Waals surface area (Å²) in [7, 11) is 0. The highest BCUT2D eigenvalue weighted by Gasteiger charge is 2.23. The minimum absolute atomic E-state index is 0.00115. The summed E-state index contributed by atoms with van der Waals surface area (Å²) >= 11 is 0. The minimum atomic E-state index is -0.198. The van der Waals surface area contributed by atoms with Gasteiger partial charge in [0.25, 0.3) is 0 Å². The van der Waals surface area contributed by atoms with Crippen LogP contribution in [0.2, 0.25) is 0 Å². The maximum Gasteiger partial charge on any atom is 0.220 e. The molecule has 1 N–H and O–H groups in total. The van der Waals surface area contributed by atoms with Crippen molar-refractivity contribution >= 4 is 17.5 Å². The number of carbonyl (C=O) groups is 3. The molecule has 4 nitrogen and oxygen atoms in total. The van der Waals surface area contributed by atoms with E-state index < -0.39 is 0 Å². The Kier molecular flexibility index (Phi) is 11.3. The van der Waals surface area contributed by atoms with E-state index in [0.29, 0.717) is 37.2 Å². The smallest absolute Gasteiger partial charge is 0.220 e. The van der Waals surface area contributed by atoms with Crippen LogP contribution in [-0.4, -0.2) is 24.0 Å². The van der Waals surface area contributed by atoms with Gasteiger partial charge in [0.1, 0.15) is 5.78 Å². The molecule has 0 fully saturated rings. The summed E-state index contributed by atoms with van der Waals surface area (Å²) in [4.78, 5) is 35.5. The number of hydrogen-bond donors (Lipinski definition) is 1. The standard InChI is InChI=1S/C21H37NO3/c1-7-21(5,6)18(23)12-10-8-9-11-15-22-19(24)14-13-17(4)20(25)16(2)3/h17H,2,7-15H2,1,3-6H3,(H,22,24). The van der Waals surface area contributed by atoms with E-state index in [4.69, 9.17) is 0 Å². The van der Waals surface area contributed by atoms with Crippen LogP contribution in [0, 0.1) is 11.3 Å². The number of unbranched alkanes of at least 4 members (excludes halogenated alkanes) is 3. The second-order valence-corrected chi connectivity index (χ2v) is 7.76. The van der Waals surface area contributed by atoms with E-state index in [1.807, 2.05) is 20.8 Å². The largest absolute Gasteiger partial charge is 0.356 e. The number of rotatable bonds is 14. The Bertz CT molecular complexity index is 466. The van der Waals surface area contributed by atoms with E-state index in [9.17, 15) is 14.4 Å². The molecule has 0 saturated carbocycles. The maximum atomic E-state index is 12.0. The number of ketones is 2. The third kappa shape index (κ3) is 10.2. The lowest BCUT2D eigenvalue weighted by atomic mass is 9.83. The summed E-state index contributed by atoms with van der Waals surface area (Å²) in [6.07, 6.45) is 6.37. The molecule has 0 aliphatic heterocycles. The molecule has 1 amide bonds. The van der Waals surface area contributed by atoms with Gasteiger partial charge in [0.15, 0.2) is 5.78 Å². The fourth-order valence-electron chi connectivity index (χ4n) is 2.52. The van der Waals surface area contributed by atoms with Crippen LogP contribution in [-0.2, 0) is 14.4 Å². The third-order valence-corrected chi connectivity index (χ3v) is 4.96. The van der Waals surface area contributed by atoms with Crippen molar-refractivity contribution in [1.29, 1.82) is 0 Å². The molecule has 0 heterocycles. The van der Waals surface area contributed by atoms with E-state index in [-0.39, 0.29) is 23.0 Å². The lowest BCUT2D eigenvalue weighted by Gasteiger charge is -2.20. The first kappa shape index (κ1) is 23.5. The molecule has 0 aliphatic carbocycles. The van der Waals surface area contributed by atoms with Crippen LogP contribution in [0.4, 0.5) is 0 Å². The molecule has 1 unspecified atom stereocenters. The lowest BCUT2D eigenvalue weighted by molar-refractivity contribution is -0.127. The van der Waals surface area contributed by atoms with Crippen molar-refractivity contribution in [2.24, 2.45) is 11.3 Å². The molecule has 0 aromatic heterocycles. The Morgan fingerprint density at radius 3 is 2.20 bits per heavy atom. The van der Waals surface area contributed by atoms with E-state index in [1.54, 1.807) is 6.92 Å². The van der Waals surface area contributed by atoms with Gasteiger partial charge in [-0.15, -0.1) is 0 Å². The van der Waals surface area contributed by atoms with Crippen molar-refractivity contribution in [2.45, 2.75) is 86.0 Å². The van der Waals surface area contributed by atoms with Crippen LogP contribution in [0.25, 0.3) is 0 Å². The van der Waals surface area contributed by atoms with Gasteiger partial charge in [0, 0.05) is 30.7 Å². The monoisotopic (exact) mass is 351 g/mol. The van der Waals surface area contributed by atoms with Gasteiger partial charge in [0.05, 0.1) is 0 Å². The molecule has 0 saturated heterocycles. The van der Waals surface area contributed by atoms with Crippen LogP contribution >= 0.6 is 0 Å². The number of Topliss-reactive ketones (excluding diaryl/α,β-unsaturated/α-hetero) is 2. The molecule has 0 spiro atoms. The zero-order valence-corrected chi connectivity index (χ0v) is 16.9. The van der Waals surface area contributed by atoms with Gasteiger partial charge < -0.3 is 5.32 Å². The molecule has 0 bridgehead atoms. The number of carbonyl (C=O) groups excluding carboxylic acids is 3. The van der Waals surface area contributed by atoms with E-state index >= 15 is 0 Å².